The van der Waals surface area contributed by atoms with Crippen molar-refractivity contribution in [1.29, 1.82) is 0 Å². The molecule has 0 spiro atoms. The van der Waals surface area contributed by atoms with E-state index in [1.54, 1.807) is 4.90 Å². The number of morpholine rings is 1. The molecule has 1 aromatic rings. The van der Waals surface area contributed by atoms with E-state index in [2.05, 4.69) is 4.72 Å². The van der Waals surface area contributed by atoms with Crippen LogP contribution in [-0.4, -0.2) is 58.0 Å². The van der Waals surface area contributed by atoms with Crippen molar-refractivity contribution in [3.8, 4) is 0 Å². The highest BCUT2D eigenvalue weighted by Crippen LogP contribution is 2.25. The Morgan fingerprint density at radius 2 is 1.88 bits per heavy atom. The number of carbonyl (C=O) groups excluding carboxylic acids is 1. The maximum atomic E-state index is 12.3. The van der Waals surface area contributed by atoms with Gasteiger partial charge in [0.15, 0.2) is 0 Å². The van der Waals surface area contributed by atoms with Crippen molar-refractivity contribution in [2.75, 3.05) is 44.3 Å². The van der Waals surface area contributed by atoms with Crippen LogP contribution in [0.15, 0.2) is 24.3 Å². The molecule has 0 radical (unpaired) electrons. The Morgan fingerprint density at radius 1 is 1.21 bits per heavy atom. The summed E-state index contributed by atoms with van der Waals surface area (Å²) in [6, 6.07) is 7.79. The molecule has 2 saturated heterocycles. The summed E-state index contributed by atoms with van der Waals surface area (Å²) in [5, 5.41) is 0. The predicted octanol–water partition coefficient (Wildman–Crippen LogP) is 0.515. The molecule has 0 aliphatic carbocycles. The Hall–Kier alpha value is -1.48. The molecule has 1 amide bonds. The first-order valence-electron chi connectivity index (χ1n) is 8.15. The Labute approximate surface area is 142 Å². The van der Waals surface area contributed by atoms with E-state index in [0.29, 0.717) is 39.3 Å². The van der Waals surface area contributed by atoms with Crippen LogP contribution in [0, 0.1) is 12.8 Å². The largest absolute Gasteiger partial charge is 0.379 e. The molecule has 3 rings (SSSR count). The predicted molar refractivity (Wildman–Crippen MR) is 91.0 cm³/mol. The van der Waals surface area contributed by atoms with Crippen molar-refractivity contribution in [2.45, 2.75) is 13.3 Å². The van der Waals surface area contributed by atoms with E-state index in [1.807, 2.05) is 31.2 Å². The van der Waals surface area contributed by atoms with Crippen LogP contribution in [-0.2, 0) is 19.7 Å². The molecule has 132 valence electrons. The maximum Gasteiger partial charge on any atom is 0.279 e. The minimum atomic E-state index is -3.50. The number of amides is 1. The topological polar surface area (TPSA) is 79.0 Å². The van der Waals surface area contributed by atoms with Gasteiger partial charge >= 0.3 is 0 Å². The van der Waals surface area contributed by atoms with Crippen LogP contribution in [0.5, 0.6) is 0 Å². The number of hydrogen-bond acceptors (Lipinski definition) is 4. The SMILES string of the molecule is Cc1ccc(N2CC(CNS(=O)(=O)N3CCOCC3)CC2=O)cc1. The number of anilines is 1. The standard InChI is InChI=1S/C16H23N3O4S/c1-13-2-4-15(5-3-13)19-12-14(10-16(19)20)11-17-24(21,22)18-6-8-23-9-7-18/h2-5,14,17H,6-12H2,1H3. The van der Waals surface area contributed by atoms with Gasteiger partial charge in [0, 0.05) is 38.3 Å². The molecule has 1 aromatic carbocycles. The molecule has 0 saturated carbocycles. The molecule has 1 atom stereocenters. The van der Waals surface area contributed by atoms with E-state index >= 15 is 0 Å². The summed E-state index contributed by atoms with van der Waals surface area (Å²) in [5.41, 5.74) is 2.00. The third kappa shape index (κ3) is 3.94. The van der Waals surface area contributed by atoms with E-state index < -0.39 is 10.2 Å². The van der Waals surface area contributed by atoms with E-state index in [9.17, 15) is 13.2 Å². The molecular formula is C16H23N3O4S. The quantitative estimate of drug-likeness (QED) is 0.837. The van der Waals surface area contributed by atoms with Crippen molar-refractivity contribution in [3.63, 3.8) is 0 Å². The highest BCUT2D eigenvalue weighted by Gasteiger charge is 2.32. The lowest BCUT2D eigenvalue weighted by Gasteiger charge is -2.26. The summed E-state index contributed by atoms with van der Waals surface area (Å²) < 4.78 is 33.8. The van der Waals surface area contributed by atoms with Crippen molar-refractivity contribution in [2.24, 2.45) is 5.92 Å². The van der Waals surface area contributed by atoms with Crippen LogP contribution in [0.3, 0.4) is 0 Å². The molecule has 0 aromatic heterocycles. The smallest absolute Gasteiger partial charge is 0.279 e. The lowest BCUT2D eigenvalue weighted by atomic mass is 10.1. The van der Waals surface area contributed by atoms with Gasteiger partial charge < -0.3 is 9.64 Å². The third-order valence-corrected chi connectivity index (χ3v) is 5.99. The summed E-state index contributed by atoms with van der Waals surface area (Å²) >= 11 is 0. The number of hydrogen-bond donors (Lipinski definition) is 1. The number of carbonyl (C=O) groups is 1. The van der Waals surface area contributed by atoms with E-state index in [-0.39, 0.29) is 18.4 Å². The molecular weight excluding hydrogens is 330 g/mol. The van der Waals surface area contributed by atoms with Crippen LogP contribution in [0.1, 0.15) is 12.0 Å². The van der Waals surface area contributed by atoms with Crippen LogP contribution >= 0.6 is 0 Å². The van der Waals surface area contributed by atoms with Crippen molar-refractivity contribution in [1.82, 2.24) is 9.03 Å². The molecule has 2 aliphatic heterocycles. The molecule has 2 heterocycles. The average molecular weight is 353 g/mol. The second-order valence-electron chi connectivity index (χ2n) is 6.27. The summed E-state index contributed by atoms with van der Waals surface area (Å²) in [6.07, 6.45) is 0.361. The normalized spacial score (nSPS) is 23.0. The van der Waals surface area contributed by atoms with Gasteiger partial charge in [-0.05, 0) is 25.0 Å². The van der Waals surface area contributed by atoms with E-state index in [4.69, 9.17) is 4.74 Å². The lowest BCUT2D eigenvalue weighted by Crippen LogP contribution is -2.47. The zero-order chi connectivity index (χ0) is 17.2. The molecule has 8 heteroatoms. The van der Waals surface area contributed by atoms with Gasteiger partial charge in [0.2, 0.25) is 5.91 Å². The first kappa shape index (κ1) is 17.3. The number of aryl methyl sites for hydroxylation is 1. The first-order chi connectivity index (χ1) is 11.5. The molecule has 7 nitrogen and oxygen atoms in total. The van der Waals surface area contributed by atoms with Gasteiger partial charge in [0.25, 0.3) is 10.2 Å². The van der Waals surface area contributed by atoms with Crippen molar-refractivity contribution < 1.29 is 17.9 Å². The average Bonchev–Trinajstić information content (AvgIpc) is 2.96. The van der Waals surface area contributed by atoms with Crippen molar-refractivity contribution >= 4 is 21.8 Å². The third-order valence-electron chi connectivity index (χ3n) is 4.42. The molecule has 1 N–H and O–H groups in total. The van der Waals surface area contributed by atoms with Crippen LogP contribution < -0.4 is 9.62 Å². The highest BCUT2D eigenvalue weighted by molar-refractivity contribution is 7.87. The highest BCUT2D eigenvalue weighted by atomic mass is 32.2. The fourth-order valence-corrected chi connectivity index (χ4v) is 4.25. The van der Waals surface area contributed by atoms with Gasteiger partial charge in [-0.15, -0.1) is 0 Å². The summed E-state index contributed by atoms with van der Waals surface area (Å²) in [5.74, 6) is 0.0176. The summed E-state index contributed by atoms with van der Waals surface area (Å²) in [4.78, 5) is 13.9. The van der Waals surface area contributed by atoms with E-state index in [1.165, 1.54) is 4.31 Å². The van der Waals surface area contributed by atoms with Gasteiger partial charge in [-0.1, -0.05) is 17.7 Å². The van der Waals surface area contributed by atoms with E-state index in [0.717, 1.165) is 11.3 Å². The minimum absolute atomic E-state index is 0.0189. The van der Waals surface area contributed by atoms with Gasteiger partial charge in [0.1, 0.15) is 0 Å². The summed E-state index contributed by atoms with van der Waals surface area (Å²) in [7, 11) is -3.50. The Kier molecular flexibility index (Phi) is 5.19. The molecule has 2 fully saturated rings. The Balaban J connectivity index is 1.57. The number of nitrogens with one attached hydrogen (secondary N) is 1. The number of rotatable bonds is 5. The van der Waals surface area contributed by atoms with Gasteiger partial charge in [0.05, 0.1) is 13.2 Å². The Bertz CT molecular complexity index is 684. The number of ether oxygens (including phenoxy) is 1. The molecule has 2 aliphatic rings. The molecule has 0 bridgehead atoms. The zero-order valence-electron chi connectivity index (χ0n) is 13.8. The van der Waals surface area contributed by atoms with Crippen molar-refractivity contribution in [3.05, 3.63) is 29.8 Å². The molecule has 24 heavy (non-hydrogen) atoms. The van der Waals surface area contributed by atoms with Crippen LogP contribution in [0.4, 0.5) is 5.69 Å². The second-order valence-corrected chi connectivity index (χ2v) is 8.03. The van der Waals surface area contributed by atoms with Crippen LogP contribution in [0.25, 0.3) is 0 Å². The number of nitrogens with zero attached hydrogens (tertiary/aromatic N) is 2. The second kappa shape index (κ2) is 7.18. The fraction of sp³-hybridized carbons (Fsp3) is 0.562. The zero-order valence-corrected chi connectivity index (χ0v) is 14.6. The van der Waals surface area contributed by atoms with Gasteiger partial charge in [-0.3, -0.25) is 4.79 Å². The monoisotopic (exact) mass is 353 g/mol. The maximum absolute atomic E-state index is 12.3. The summed E-state index contributed by atoms with van der Waals surface area (Å²) in [6.45, 7) is 4.39. The lowest BCUT2D eigenvalue weighted by molar-refractivity contribution is -0.117. The minimum Gasteiger partial charge on any atom is -0.379 e. The van der Waals surface area contributed by atoms with Crippen LogP contribution in [0.2, 0.25) is 0 Å². The van der Waals surface area contributed by atoms with Gasteiger partial charge in [-0.25, -0.2) is 4.72 Å². The fourth-order valence-electron chi connectivity index (χ4n) is 2.99. The first-order valence-corrected chi connectivity index (χ1v) is 9.59. The number of benzene rings is 1. The molecule has 1 unspecified atom stereocenters. The van der Waals surface area contributed by atoms with Gasteiger partial charge in [-0.2, -0.15) is 12.7 Å². The Morgan fingerprint density at radius 3 is 2.54 bits per heavy atom.